The van der Waals surface area contributed by atoms with E-state index in [1.54, 1.807) is 7.11 Å². The van der Waals surface area contributed by atoms with Gasteiger partial charge in [-0.25, -0.2) is 4.79 Å². The van der Waals surface area contributed by atoms with Crippen molar-refractivity contribution in [2.45, 2.75) is 49.9 Å². The first-order valence-corrected chi connectivity index (χ1v) is 13.3. The van der Waals surface area contributed by atoms with Crippen molar-refractivity contribution < 1.29 is 9.53 Å². The van der Waals surface area contributed by atoms with Crippen LogP contribution in [0.15, 0.2) is 78.9 Å². The van der Waals surface area contributed by atoms with Crippen molar-refractivity contribution in [3.05, 3.63) is 101 Å². The highest BCUT2D eigenvalue weighted by atomic mass is 16.5. The number of urea groups is 1. The second kappa shape index (κ2) is 10.5. The Kier molecular flexibility index (Phi) is 7.14. The van der Waals surface area contributed by atoms with Crippen molar-refractivity contribution in [1.29, 1.82) is 5.26 Å². The van der Waals surface area contributed by atoms with E-state index in [2.05, 4.69) is 60.3 Å². The molecule has 2 aliphatic rings. The normalized spacial score (nSPS) is 23.2. The molecule has 1 aliphatic carbocycles. The molecular formula is C32H36N4O2. The molecule has 196 valence electrons. The van der Waals surface area contributed by atoms with Crippen molar-refractivity contribution in [2.24, 2.45) is 0 Å². The largest absolute Gasteiger partial charge is 0.496 e. The van der Waals surface area contributed by atoms with E-state index in [1.807, 2.05) is 53.4 Å². The standard InChI is InChI=1S/C32H36N4O2/c1-34(2)32(28-10-5-4-6-11-28)19-17-31(18-20-32)24-35(23-27-9-7-8-12-29(27)38-3)30(37)36(31)22-26-15-13-25(21-33)14-16-26/h4-16H,17-20,22-24H2,1-3H3. The third kappa shape index (κ3) is 4.63. The van der Waals surface area contributed by atoms with Gasteiger partial charge in [-0.15, -0.1) is 0 Å². The number of hydrogen-bond acceptors (Lipinski definition) is 4. The minimum atomic E-state index is -0.249. The number of carbonyl (C=O) groups is 1. The third-order valence-corrected chi connectivity index (χ3v) is 8.71. The first kappa shape index (κ1) is 25.8. The lowest BCUT2D eigenvalue weighted by atomic mass is 9.68. The van der Waals surface area contributed by atoms with Crippen LogP contribution >= 0.6 is 0 Å². The summed E-state index contributed by atoms with van der Waals surface area (Å²) < 4.78 is 5.59. The quantitative estimate of drug-likeness (QED) is 0.406. The summed E-state index contributed by atoms with van der Waals surface area (Å²) in [4.78, 5) is 20.5. The van der Waals surface area contributed by atoms with Crippen LogP contribution in [0.2, 0.25) is 0 Å². The predicted molar refractivity (Wildman–Crippen MR) is 149 cm³/mol. The molecule has 0 N–H and O–H groups in total. The summed E-state index contributed by atoms with van der Waals surface area (Å²) in [6.07, 6.45) is 3.79. The lowest BCUT2D eigenvalue weighted by molar-refractivity contribution is 0.0221. The molecule has 6 nitrogen and oxygen atoms in total. The van der Waals surface area contributed by atoms with E-state index in [0.29, 0.717) is 25.2 Å². The molecule has 3 aromatic carbocycles. The van der Waals surface area contributed by atoms with Crippen LogP contribution in [0.5, 0.6) is 5.75 Å². The number of nitrogens with zero attached hydrogens (tertiary/aromatic N) is 4. The number of carbonyl (C=O) groups excluding carboxylic acids is 1. The molecule has 0 bridgehead atoms. The fourth-order valence-corrected chi connectivity index (χ4v) is 6.45. The lowest BCUT2D eigenvalue weighted by Crippen LogP contribution is -2.55. The van der Waals surface area contributed by atoms with E-state index in [4.69, 9.17) is 4.74 Å². The number of hydrogen-bond donors (Lipinski definition) is 0. The van der Waals surface area contributed by atoms with Crippen LogP contribution < -0.4 is 4.74 Å². The van der Waals surface area contributed by atoms with Crippen molar-refractivity contribution in [1.82, 2.24) is 14.7 Å². The Morgan fingerprint density at radius 1 is 0.895 bits per heavy atom. The molecular weight excluding hydrogens is 472 g/mol. The Hall–Kier alpha value is -3.82. The smallest absolute Gasteiger partial charge is 0.321 e. The first-order valence-electron chi connectivity index (χ1n) is 13.3. The molecule has 6 heteroatoms. The second-order valence-electron chi connectivity index (χ2n) is 10.9. The zero-order valence-corrected chi connectivity index (χ0v) is 22.6. The van der Waals surface area contributed by atoms with Gasteiger partial charge in [-0.2, -0.15) is 5.26 Å². The van der Waals surface area contributed by atoms with Crippen LogP contribution in [0.25, 0.3) is 0 Å². The summed E-state index contributed by atoms with van der Waals surface area (Å²) >= 11 is 0. The van der Waals surface area contributed by atoms with Gasteiger partial charge in [-0.3, -0.25) is 4.90 Å². The van der Waals surface area contributed by atoms with Gasteiger partial charge in [0.1, 0.15) is 5.75 Å². The van der Waals surface area contributed by atoms with Gasteiger partial charge in [0.05, 0.1) is 30.8 Å². The molecule has 1 aliphatic heterocycles. The highest BCUT2D eigenvalue weighted by Crippen LogP contribution is 2.49. The predicted octanol–water partition coefficient (Wildman–Crippen LogP) is 5.77. The number of ether oxygens (including phenoxy) is 1. The van der Waals surface area contributed by atoms with Crippen LogP contribution in [0.4, 0.5) is 4.79 Å². The number of para-hydroxylation sites is 1. The fraction of sp³-hybridized carbons (Fsp3) is 0.375. The number of nitriles is 1. The molecule has 1 saturated heterocycles. The zero-order valence-electron chi connectivity index (χ0n) is 22.6. The summed E-state index contributed by atoms with van der Waals surface area (Å²) in [5, 5.41) is 9.22. The van der Waals surface area contributed by atoms with Crippen molar-refractivity contribution in [3.63, 3.8) is 0 Å². The topological polar surface area (TPSA) is 59.8 Å². The Balaban J connectivity index is 1.46. The summed E-state index contributed by atoms with van der Waals surface area (Å²) in [6, 6.07) is 28.6. The van der Waals surface area contributed by atoms with Gasteiger partial charge in [0.2, 0.25) is 0 Å². The molecule has 5 rings (SSSR count). The summed E-state index contributed by atoms with van der Waals surface area (Å²) in [5.74, 6) is 0.805. The molecule has 38 heavy (non-hydrogen) atoms. The Morgan fingerprint density at radius 2 is 1.55 bits per heavy atom. The minimum absolute atomic E-state index is 0.0499. The van der Waals surface area contributed by atoms with Gasteiger partial charge in [-0.1, -0.05) is 60.7 Å². The SMILES string of the molecule is COc1ccccc1CN1CC2(CCC(c3ccccc3)(N(C)C)CC2)N(Cc2ccc(C#N)cc2)C1=O. The van der Waals surface area contributed by atoms with Gasteiger partial charge >= 0.3 is 6.03 Å². The van der Waals surface area contributed by atoms with Crippen LogP contribution in [0, 0.1) is 11.3 Å². The third-order valence-electron chi connectivity index (χ3n) is 8.71. The monoisotopic (exact) mass is 508 g/mol. The molecule has 1 spiro atoms. The zero-order chi connectivity index (χ0) is 26.8. The molecule has 2 amide bonds. The molecule has 0 unspecified atom stereocenters. The molecule has 1 heterocycles. The number of rotatable bonds is 7. The van der Waals surface area contributed by atoms with Crippen molar-refractivity contribution in [3.8, 4) is 11.8 Å². The molecule has 0 aromatic heterocycles. The molecule has 0 atom stereocenters. The number of benzene rings is 3. The van der Waals surface area contributed by atoms with Crippen LogP contribution in [0.3, 0.4) is 0 Å². The Bertz CT molecular complexity index is 1310. The van der Waals surface area contributed by atoms with E-state index >= 15 is 0 Å². The highest BCUT2D eigenvalue weighted by Gasteiger charge is 2.54. The fourth-order valence-electron chi connectivity index (χ4n) is 6.45. The lowest BCUT2D eigenvalue weighted by Gasteiger charge is -2.51. The van der Waals surface area contributed by atoms with E-state index in [1.165, 1.54) is 5.56 Å². The highest BCUT2D eigenvalue weighted by molar-refractivity contribution is 5.78. The average Bonchev–Trinajstić information content (AvgIpc) is 3.20. The summed E-state index contributed by atoms with van der Waals surface area (Å²) in [7, 11) is 6.02. The summed E-state index contributed by atoms with van der Waals surface area (Å²) in [6.45, 7) is 1.75. The second-order valence-corrected chi connectivity index (χ2v) is 10.9. The van der Waals surface area contributed by atoms with Gasteiger partial charge < -0.3 is 14.5 Å². The van der Waals surface area contributed by atoms with Gasteiger partial charge in [-0.05, 0) is 69.1 Å². The van der Waals surface area contributed by atoms with E-state index < -0.39 is 0 Å². The maximum atomic E-state index is 14.0. The Morgan fingerprint density at radius 3 is 2.18 bits per heavy atom. The van der Waals surface area contributed by atoms with E-state index in [0.717, 1.165) is 42.6 Å². The van der Waals surface area contributed by atoms with Gasteiger partial charge in [0.15, 0.2) is 0 Å². The molecule has 3 aromatic rings. The van der Waals surface area contributed by atoms with Gasteiger partial charge in [0, 0.05) is 24.2 Å². The van der Waals surface area contributed by atoms with E-state index in [-0.39, 0.29) is 17.1 Å². The summed E-state index contributed by atoms with van der Waals surface area (Å²) in [5.41, 5.74) is 3.73. The van der Waals surface area contributed by atoms with Crippen LogP contribution in [0.1, 0.15) is 47.9 Å². The van der Waals surface area contributed by atoms with Gasteiger partial charge in [0.25, 0.3) is 0 Å². The molecule has 2 fully saturated rings. The number of methoxy groups -OCH3 is 1. The first-order chi connectivity index (χ1) is 18.4. The molecule has 0 radical (unpaired) electrons. The average molecular weight is 509 g/mol. The van der Waals surface area contributed by atoms with Crippen molar-refractivity contribution in [2.75, 3.05) is 27.7 Å². The molecule has 1 saturated carbocycles. The van der Waals surface area contributed by atoms with Crippen LogP contribution in [-0.4, -0.2) is 54.0 Å². The van der Waals surface area contributed by atoms with Crippen molar-refractivity contribution >= 4 is 6.03 Å². The minimum Gasteiger partial charge on any atom is -0.496 e. The number of amides is 2. The maximum absolute atomic E-state index is 14.0. The van der Waals surface area contributed by atoms with Crippen LogP contribution in [-0.2, 0) is 18.6 Å². The van der Waals surface area contributed by atoms with E-state index in [9.17, 15) is 10.1 Å². The Labute approximate surface area is 226 Å². The maximum Gasteiger partial charge on any atom is 0.321 e.